The maximum atomic E-state index is 5.89. The number of benzene rings is 1. The van der Waals surface area contributed by atoms with Crippen LogP contribution in [0.1, 0.15) is 26.7 Å². The summed E-state index contributed by atoms with van der Waals surface area (Å²) in [5.41, 5.74) is 7.97. The molecule has 1 rings (SSSR count). The molecule has 0 radical (unpaired) electrons. The number of rotatable bonds is 7. The molecule has 0 aliphatic rings. The van der Waals surface area contributed by atoms with Gasteiger partial charge in [0.15, 0.2) is 12.3 Å². The molecule has 0 bridgehead atoms. The van der Waals surface area contributed by atoms with Gasteiger partial charge in [0.05, 0.1) is 42.3 Å². The summed E-state index contributed by atoms with van der Waals surface area (Å²) in [4.78, 5) is 2.60. The van der Waals surface area contributed by atoms with Crippen LogP contribution in [0, 0.1) is 0 Å². The van der Waals surface area contributed by atoms with Crippen molar-refractivity contribution in [1.82, 2.24) is 0 Å². The zero-order chi connectivity index (χ0) is 17.1. The molecular weight excluding hydrogens is 308 g/mol. The molecule has 4 nitrogen and oxygen atoms in total. The average Bonchev–Trinajstić information content (AvgIpc) is 2.36. The van der Waals surface area contributed by atoms with Crippen LogP contribution < -0.4 is 10.6 Å². The largest absolute Gasteiger partial charge is 0.399 e. The Hall–Kier alpha value is -0.970. The van der Waals surface area contributed by atoms with E-state index in [1.165, 1.54) is 5.69 Å². The Morgan fingerprint density at radius 2 is 1.17 bits per heavy atom. The fourth-order valence-corrected chi connectivity index (χ4v) is 3.42. The summed E-state index contributed by atoms with van der Waals surface area (Å²) in [7, 11) is 13.7. The number of nitrogens with zero attached hydrogens (tertiary/aromatic N) is 3. The van der Waals surface area contributed by atoms with Gasteiger partial charge in [0.1, 0.15) is 0 Å². The first kappa shape index (κ1) is 22.0. The van der Waals surface area contributed by atoms with Gasteiger partial charge in [-0.1, -0.05) is 13.8 Å². The summed E-state index contributed by atoms with van der Waals surface area (Å²) >= 11 is 0. The van der Waals surface area contributed by atoms with Crippen LogP contribution in [0.25, 0.3) is 0 Å². The van der Waals surface area contributed by atoms with Crippen molar-refractivity contribution in [1.29, 1.82) is 0 Å². The second-order valence-electron chi connectivity index (χ2n) is 8.01. The molecule has 0 aliphatic heterocycles. The first-order valence-corrected chi connectivity index (χ1v) is 8.28. The van der Waals surface area contributed by atoms with Crippen LogP contribution in [0.2, 0.25) is 0 Å². The highest BCUT2D eigenvalue weighted by atomic mass is 35.5. The van der Waals surface area contributed by atoms with Crippen molar-refractivity contribution in [2.45, 2.75) is 39.0 Å². The molecule has 2 unspecified atom stereocenters. The van der Waals surface area contributed by atoms with Gasteiger partial charge in [0.2, 0.25) is 0 Å². The van der Waals surface area contributed by atoms with Gasteiger partial charge < -0.3 is 14.7 Å². The lowest BCUT2D eigenvalue weighted by Crippen LogP contribution is -2.64. The number of nitrogen functional groups attached to an aromatic ring is 1. The minimum Gasteiger partial charge on any atom is -0.399 e. The molecule has 0 saturated carbocycles. The summed E-state index contributed by atoms with van der Waals surface area (Å²) in [6, 6.07) is 8.33. The second-order valence-corrected chi connectivity index (χ2v) is 8.01. The quantitative estimate of drug-likeness (QED) is 0.466. The Balaban J connectivity index is 0.00000484. The highest BCUT2D eigenvalue weighted by molar-refractivity contribution is 5.85. The Kier molecular flexibility index (Phi) is 7.88. The summed E-state index contributed by atoms with van der Waals surface area (Å²) in [6.45, 7) is 4.56. The molecule has 0 amide bonds. The summed E-state index contributed by atoms with van der Waals surface area (Å²) in [6.07, 6.45) is 3.05. The number of nitrogens with two attached hydrogens (primary N) is 1. The van der Waals surface area contributed by atoms with Crippen molar-refractivity contribution in [2.24, 2.45) is 0 Å². The first-order chi connectivity index (χ1) is 10.0. The molecule has 23 heavy (non-hydrogen) atoms. The van der Waals surface area contributed by atoms with E-state index < -0.39 is 0 Å². The third-order valence-corrected chi connectivity index (χ3v) is 4.35. The summed E-state index contributed by atoms with van der Waals surface area (Å²) in [5, 5.41) is 0. The SMILES string of the molecule is CCC(N(c1ccc(N)cc1)C(CC)[N+](C)(C)C)[N+](C)(C)C.Cl. The van der Waals surface area contributed by atoms with Gasteiger partial charge in [-0.3, -0.25) is 4.90 Å². The van der Waals surface area contributed by atoms with E-state index in [2.05, 4.69) is 73.2 Å². The lowest BCUT2D eigenvalue weighted by Gasteiger charge is -2.49. The minimum absolute atomic E-state index is 0. The van der Waals surface area contributed by atoms with E-state index in [0.717, 1.165) is 27.5 Å². The molecule has 0 fully saturated rings. The van der Waals surface area contributed by atoms with Crippen molar-refractivity contribution in [3.05, 3.63) is 24.3 Å². The van der Waals surface area contributed by atoms with E-state index in [-0.39, 0.29) is 12.4 Å². The van der Waals surface area contributed by atoms with Crippen molar-refractivity contribution in [3.8, 4) is 0 Å². The fourth-order valence-electron chi connectivity index (χ4n) is 3.42. The number of hydrogen-bond acceptors (Lipinski definition) is 2. The normalized spacial score (nSPS) is 14.8. The standard InChI is InChI=1S/C18H36N4.ClH/c1-9-17(21(3,4)5)20(18(10-2)22(6,7)8)16-13-11-15(19)12-14-16;/h11-14,17-18H,9-10,19H2,1-8H3;1H/q+2;. The lowest BCUT2D eigenvalue weighted by molar-refractivity contribution is -0.918. The van der Waals surface area contributed by atoms with Crippen molar-refractivity contribution in [2.75, 3.05) is 52.9 Å². The molecule has 134 valence electrons. The number of halogens is 1. The Labute approximate surface area is 149 Å². The molecule has 1 aromatic rings. The molecule has 2 N–H and O–H groups in total. The predicted molar refractivity (Wildman–Crippen MR) is 105 cm³/mol. The molecule has 0 aromatic heterocycles. The van der Waals surface area contributed by atoms with Crippen molar-refractivity contribution in [3.63, 3.8) is 0 Å². The minimum atomic E-state index is 0. The van der Waals surface area contributed by atoms with Gasteiger partial charge in [-0.25, -0.2) is 0 Å². The van der Waals surface area contributed by atoms with Crippen molar-refractivity contribution >= 4 is 23.8 Å². The number of anilines is 2. The van der Waals surface area contributed by atoms with Gasteiger partial charge in [-0.15, -0.1) is 12.4 Å². The molecule has 0 heterocycles. The van der Waals surface area contributed by atoms with Gasteiger partial charge in [-0.05, 0) is 24.3 Å². The van der Waals surface area contributed by atoms with Gasteiger partial charge in [-0.2, -0.15) is 0 Å². The van der Waals surface area contributed by atoms with Crippen molar-refractivity contribution < 1.29 is 8.97 Å². The molecule has 5 heteroatoms. The van der Waals surface area contributed by atoms with E-state index in [9.17, 15) is 0 Å². The van der Waals surface area contributed by atoms with Crippen LogP contribution in [0.15, 0.2) is 24.3 Å². The Bertz CT molecular complexity index is 437. The summed E-state index contributed by atoms with van der Waals surface area (Å²) < 4.78 is 1.83. The lowest BCUT2D eigenvalue weighted by atomic mass is 10.1. The van der Waals surface area contributed by atoms with E-state index >= 15 is 0 Å². The fraction of sp³-hybridized carbons (Fsp3) is 0.667. The first-order valence-electron chi connectivity index (χ1n) is 8.28. The van der Waals surface area contributed by atoms with E-state index in [1.807, 2.05) is 12.1 Å². The van der Waals surface area contributed by atoms with Crippen LogP contribution in [-0.2, 0) is 0 Å². The van der Waals surface area contributed by atoms with E-state index in [4.69, 9.17) is 5.73 Å². The summed E-state index contributed by atoms with van der Waals surface area (Å²) in [5.74, 6) is 0. The monoisotopic (exact) mass is 344 g/mol. The average molecular weight is 345 g/mol. The molecule has 0 saturated heterocycles. The molecular formula is C18H37ClN4+2. The third-order valence-electron chi connectivity index (χ3n) is 4.35. The number of quaternary nitrogens is 2. The Morgan fingerprint density at radius 3 is 1.43 bits per heavy atom. The Morgan fingerprint density at radius 1 is 0.826 bits per heavy atom. The van der Waals surface area contributed by atoms with Crippen LogP contribution in [0.3, 0.4) is 0 Å². The second kappa shape index (κ2) is 8.22. The maximum Gasteiger partial charge on any atom is 0.168 e. The highest BCUT2D eigenvalue weighted by Crippen LogP contribution is 2.29. The zero-order valence-electron chi connectivity index (χ0n) is 16.2. The van der Waals surface area contributed by atoms with Crippen LogP contribution >= 0.6 is 12.4 Å². The third kappa shape index (κ3) is 5.55. The highest BCUT2D eigenvalue weighted by Gasteiger charge is 2.39. The smallest absolute Gasteiger partial charge is 0.168 e. The topological polar surface area (TPSA) is 29.3 Å². The molecule has 1 aromatic carbocycles. The predicted octanol–water partition coefficient (Wildman–Crippen LogP) is 3.38. The zero-order valence-corrected chi connectivity index (χ0v) is 17.0. The van der Waals surface area contributed by atoms with Gasteiger partial charge in [0, 0.05) is 24.2 Å². The van der Waals surface area contributed by atoms with Crippen LogP contribution in [-0.4, -0.2) is 63.6 Å². The van der Waals surface area contributed by atoms with E-state index in [1.54, 1.807) is 0 Å². The van der Waals surface area contributed by atoms with Crippen LogP contribution in [0.5, 0.6) is 0 Å². The van der Waals surface area contributed by atoms with Crippen LogP contribution in [0.4, 0.5) is 11.4 Å². The molecule has 2 atom stereocenters. The van der Waals surface area contributed by atoms with E-state index in [0.29, 0.717) is 12.3 Å². The number of hydrogen-bond donors (Lipinski definition) is 1. The maximum absolute atomic E-state index is 5.89. The van der Waals surface area contributed by atoms with Gasteiger partial charge >= 0.3 is 0 Å². The van der Waals surface area contributed by atoms with Gasteiger partial charge in [0.25, 0.3) is 0 Å². The molecule has 0 spiro atoms. The molecule has 0 aliphatic carbocycles.